The van der Waals surface area contributed by atoms with E-state index in [1.54, 1.807) is 11.3 Å². The third kappa shape index (κ3) is 4.93. The van der Waals surface area contributed by atoms with Crippen molar-refractivity contribution < 1.29 is 4.79 Å². The maximum Gasteiger partial charge on any atom is 0.322 e. The zero-order chi connectivity index (χ0) is 19.3. The van der Waals surface area contributed by atoms with Crippen LogP contribution >= 0.6 is 11.3 Å². The van der Waals surface area contributed by atoms with Gasteiger partial charge in [-0.05, 0) is 50.0 Å². The molecule has 150 valence electrons. The summed E-state index contributed by atoms with van der Waals surface area (Å²) in [6, 6.07) is 14.4. The van der Waals surface area contributed by atoms with Crippen molar-refractivity contribution in [2.75, 3.05) is 58.2 Å². The number of benzene rings is 1. The lowest BCUT2D eigenvalue weighted by molar-refractivity contribution is 0.109. The maximum absolute atomic E-state index is 12.6. The molecule has 0 radical (unpaired) electrons. The number of carbonyl (C=O) groups is 1. The molecular weight excluding hydrogens is 368 g/mol. The van der Waals surface area contributed by atoms with Crippen LogP contribution < -0.4 is 5.32 Å². The number of hydrogen-bond donors (Lipinski definition) is 1. The Hall–Kier alpha value is -1.89. The van der Waals surface area contributed by atoms with Gasteiger partial charge in [0.1, 0.15) is 0 Å². The second-order valence-corrected chi connectivity index (χ2v) is 9.10. The van der Waals surface area contributed by atoms with E-state index in [0.717, 1.165) is 37.1 Å². The van der Waals surface area contributed by atoms with Gasteiger partial charge in [-0.2, -0.15) is 0 Å². The Labute approximate surface area is 171 Å². The number of amides is 2. The third-order valence-corrected chi connectivity index (χ3v) is 6.84. The Balaban J connectivity index is 1.25. The summed E-state index contributed by atoms with van der Waals surface area (Å²) in [4.78, 5) is 20.8. The number of piperidine rings is 1. The van der Waals surface area contributed by atoms with Crippen molar-refractivity contribution in [3.8, 4) is 10.4 Å². The number of likely N-dealkylation sites (tertiary alicyclic amines) is 1. The number of hydrogen-bond acceptors (Lipinski definition) is 4. The van der Waals surface area contributed by atoms with E-state index in [1.165, 1.54) is 42.9 Å². The molecule has 1 aromatic carbocycles. The van der Waals surface area contributed by atoms with E-state index >= 15 is 0 Å². The van der Waals surface area contributed by atoms with Gasteiger partial charge in [-0.1, -0.05) is 30.3 Å². The molecule has 2 amide bonds. The van der Waals surface area contributed by atoms with Gasteiger partial charge in [-0.15, -0.1) is 11.3 Å². The molecule has 2 aliphatic rings. The maximum atomic E-state index is 12.6. The summed E-state index contributed by atoms with van der Waals surface area (Å²) in [6.45, 7) is 7.20. The van der Waals surface area contributed by atoms with Crippen molar-refractivity contribution in [2.45, 2.75) is 12.8 Å². The van der Waals surface area contributed by atoms with Crippen LogP contribution in [-0.4, -0.2) is 73.6 Å². The molecule has 6 heteroatoms. The van der Waals surface area contributed by atoms with E-state index in [1.807, 2.05) is 29.2 Å². The van der Waals surface area contributed by atoms with E-state index in [4.69, 9.17) is 0 Å². The molecule has 28 heavy (non-hydrogen) atoms. The van der Waals surface area contributed by atoms with Crippen LogP contribution in [0, 0.1) is 5.92 Å². The SMILES string of the molecule is CN1CCCC(CN2CCN(C(=O)Nc3ccc(-c4ccccc4)s3)CC2)C1. The van der Waals surface area contributed by atoms with Crippen molar-refractivity contribution >= 4 is 22.4 Å². The first-order chi connectivity index (χ1) is 13.7. The number of nitrogens with one attached hydrogen (secondary N) is 1. The first-order valence-electron chi connectivity index (χ1n) is 10.3. The fourth-order valence-electron chi connectivity index (χ4n) is 4.27. The molecule has 5 nitrogen and oxygen atoms in total. The highest BCUT2D eigenvalue weighted by Gasteiger charge is 2.25. The highest BCUT2D eigenvalue weighted by atomic mass is 32.1. The summed E-state index contributed by atoms with van der Waals surface area (Å²) in [6.07, 6.45) is 2.66. The topological polar surface area (TPSA) is 38.8 Å². The summed E-state index contributed by atoms with van der Waals surface area (Å²) in [5.74, 6) is 0.779. The molecule has 2 aliphatic heterocycles. The van der Waals surface area contributed by atoms with Crippen molar-refractivity contribution in [3.63, 3.8) is 0 Å². The van der Waals surface area contributed by atoms with Crippen LogP contribution in [0.25, 0.3) is 10.4 Å². The van der Waals surface area contributed by atoms with Crippen molar-refractivity contribution in [1.82, 2.24) is 14.7 Å². The van der Waals surface area contributed by atoms with E-state index in [0.29, 0.717) is 0 Å². The van der Waals surface area contributed by atoms with E-state index in [-0.39, 0.29) is 6.03 Å². The molecule has 1 unspecified atom stereocenters. The lowest BCUT2D eigenvalue weighted by Crippen LogP contribution is -2.51. The van der Waals surface area contributed by atoms with E-state index in [9.17, 15) is 4.79 Å². The zero-order valence-corrected chi connectivity index (χ0v) is 17.5. The average molecular weight is 399 g/mol. The van der Waals surface area contributed by atoms with Crippen LogP contribution in [0.15, 0.2) is 42.5 Å². The summed E-state index contributed by atoms with van der Waals surface area (Å²) >= 11 is 1.63. The monoisotopic (exact) mass is 398 g/mol. The minimum absolute atomic E-state index is 0.0264. The van der Waals surface area contributed by atoms with Crippen molar-refractivity contribution in [3.05, 3.63) is 42.5 Å². The Morgan fingerprint density at radius 2 is 1.86 bits per heavy atom. The number of thiophene rings is 1. The molecule has 2 fully saturated rings. The molecule has 2 saturated heterocycles. The standard InChI is InChI=1S/C22H30N4OS/c1-24-11-5-6-18(16-24)17-25-12-14-26(15-13-25)22(27)23-21-10-9-20(28-21)19-7-3-2-4-8-19/h2-4,7-10,18H,5-6,11-17H2,1H3,(H,23,27). The van der Waals surface area contributed by atoms with E-state index < -0.39 is 0 Å². The number of carbonyl (C=O) groups excluding carboxylic acids is 1. The lowest BCUT2D eigenvalue weighted by Gasteiger charge is -2.38. The Kier molecular flexibility index (Phi) is 6.29. The molecule has 0 bridgehead atoms. The summed E-state index contributed by atoms with van der Waals surface area (Å²) in [5, 5.41) is 4.00. The van der Waals surface area contributed by atoms with Crippen molar-refractivity contribution in [2.24, 2.45) is 5.92 Å². The lowest BCUT2D eigenvalue weighted by atomic mass is 9.97. The minimum atomic E-state index is 0.0264. The predicted molar refractivity (Wildman–Crippen MR) is 117 cm³/mol. The first kappa shape index (κ1) is 19.4. The van der Waals surface area contributed by atoms with Crippen LogP contribution in [-0.2, 0) is 0 Å². The molecule has 4 rings (SSSR count). The van der Waals surface area contributed by atoms with Gasteiger partial charge >= 0.3 is 6.03 Å². The van der Waals surface area contributed by atoms with Crippen LogP contribution in [0.2, 0.25) is 0 Å². The Bertz CT molecular complexity index is 770. The molecule has 0 saturated carbocycles. The predicted octanol–water partition coefficient (Wildman–Crippen LogP) is 3.91. The minimum Gasteiger partial charge on any atom is -0.322 e. The summed E-state index contributed by atoms with van der Waals surface area (Å²) in [5.41, 5.74) is 1.19. The van der Waals surface area contributed by atoms with Gasteiger partial charge < -0.3 is 9.80 Å². The molecule has 0 aliphatic carbocycles. The molecule has 1 atom stereocenters. The molecular formula is C22H30N4OS. The Morgan fingerprint density at radius 3 is 2.61 bits per heavy atom. The van der Waals surface area contributed by atoms with Gasteiger partial charge in [-0.25, -0.2) is 4.79 Å². The van der Waals surface area contributed by atoms with Crippen LogP contribution in [0.4, 0.5) is 9.80 Å². The number of piperazine rings is 1. The second kappa shape index (κ2) is 9.07. The summed E-state index contributed by atoms with van der Waals surface area (Å²) in [7, 11) is 2.22. The van der Waals surface area contributed by atoms with Gasteiger partial charge in [0.05, 0.1) is 5.00 Å². The van der Waals surface area contributed by atoms with Gasteiger partial charge in [-0.3, -0.25) is 10.2 Å². The highest BCUT2D eigenvalue weighted by Crippen LogP contribution is 2.31. The van der Waals surface area contributed by atoms with Crippen LogP contribution in [0.5, 0.6) is 0 Å². The number of anilines is 1. The fraction of sp³-hybridized carbons (Fsp3) is 0.500. The largest absolute Gasteiger partial charge is 0.322 e. The van der Waals surface area contributed by atoms with Gasteiger partial charge in [0.15, 0.2) is 0 Å². The van der Waals surface area contributed by atoms with Crippen LogP contribution in [0.3, 0.4) is 0 Å². The molecule has 1 aromatic heterocycles. The first-order valence-corrected chi connectivity index (χ1v) is 11.1. The number of nitrogens with zero attached hydrogens (tertiary/aromatic N) is 3. The quantitative estimate of drug-likeness (QED) is 0.849. The normalized spacial score (nSPS) is 21.6. The molecule has 0 spiro atoms. The van der Waals surface area contributed by atoms with Crippen molar-refractivity contribution in [1.29, 1.82) is 0 Å². The second-order valence-electron chi connectivity index (χ2n) is 8.02. The highest BCUT2D eigenvalue weighted by molar-refractivity contribution is 7.19. The van der Waals surface area contributed by atoms with Gasteiger partial charge in [0.2, 0.25) is 0 Å². The molecule has 1 N–H and O–H groups in total. The number of urea groups is 1. The molecule has 2 aromatic rings. The Morgan fingerprint density at radius 1 is 1.07 bits per heavy atom. The summed E-state index contributed by atoms with van der Waals surface area (Å²) < 4.78 is 0. The van der Waals surface area contributed by atoms with Gasteiger partial charge in [0, 0.05) is 44.1 Å². The third-order valence-electron chi connectivity index (χ3n) is 5.79. The number of rotatable bonds is 4. The van der Waals surface area contributed by atoms with Gasteiger partial charge in [0.25, 0.3) is 0 Å². The average Bonchev–Trinajstić information content (AvgIpc) is 3.18. The fourth-order valence-corrected chi connectivity index (χ4v) is 5.17. The van der Waals surface area contributed by atoms with Crippen LogP contribution in [0.1, 0.15) is 12.8 Å². The smallest absolute Gasteiger partial charge is 0.322 e. The van der Waals surface area contributed by atoms with E-state index in [2.05, 4.69) is 40.4 Å². The molecule has 3 heterocycles. The zero-order valence-electron chi connectivity index (χ0n) is 16.6.